The topological polar surface area (TPSA) is 38.3 Å². The first-order chi connectivity index (χ1) is 8.22. The Hall–Kier alpha value is -2.03. The van der Waals surface area contributed by atoms with E-state index in [4.69, 9.17) is 4.74 Å². The van der Waals surface area contributed by atoms with E-state index in [9.17, 15) is 4.79 Å². The number of aryl methyl sites for hydroxylation is 1. The Labute approximate surface area is 102 Å². The van der Waals surface area contributed by atoms with Crippen LogP contribution in [0.15, 0.2) is 48.7 Å². The van der Waals surface area contributed by atoms with Crippen molar-refractivity contribution in [3.63, 3.8) is 0 Å². The minimum atomic E-state index is -0.326. The lowest BCUT2D eigenvalue weighted by molar-refractivity contribution is -0.137. The van der Waals surface area contributed by atoms with Crippen molar-refractivity contribution in [1.29, 1.82) is 0 Å². The molecule has 0 saturated heterocycles. The third-order valence-corrected chi connectivity index (χ3v) is 2.03. The highest BCUT2D eigenvalue weighted by Gasteiger charge is 1.90. The van der Waals surface area contributed by atoms with Gasteiger partial charge in [0.2, 0.25) is 0 Å². The molecule has 17 heavy (non-hydrogen) atoms. The first kappa shape index (κ1) is 13.0. The molecule has 0 atom stereocenters. The zero-order chi connectivity index (χ0) is 12.5. The second kappa shape index (κ2) is 7.28. The number of hydrogen-bond acceptors (Lipinski definition) is 3. The maximum absolute atomic E-state index is 11.0. The third kappa shape index (κ3) is 5.56. The molecule has 0 aromatic heterocycles. The van der Waals surface area contributed by atoms with Crippen molar-refractivity contribution >= 4 is 11.7 Å². The monoisotopic (exact) mass is 231 g/mol. The number of allylic oxidation sites excluding steroid dienone is 2. The van der Waals surface area contributed by atoms with Crippen LogP contribution < -0.4 is 5.32 Å². The Bertz CT molecular complexity index is 405. The largest absolute Gasteiger partial charge is 0.463 e. The Kier molecular flexibility index (Phi) is 5.58. The van der Waals surface area contributed by atoms with Gasteiger partial charge in [0.25, 0.3) is 0 Å². The zero-order valence-corrected chi connectivity index (χ0v) is 10.1. The Morgan fingerprint density at radius 2 is 2.00 bits per heavy atom. The molecule has 0 aliphatic heterocycles. The summed E-state index contributed by atoms with van der Waals surface area (Å²) in [7, 11) is 0. The SMILES string of the molecule is CCOC(=O)/C=C\C=C\Nc1ccc(C)cc1. The molecule has 0 fully saturated rings. The summed E-state index contributed by atoms with van der Waals surface area (Å²) in [5.41, 5.74) is 2.23. The molecule has 0 amide bonds. The number of benzene rings is 1. The lowest BCUT2D eigenvalue weighted by atomic mass is 10.2. The predicted molar refractivity (Wildman–Crippen MR) is 69.7 cm³/mol. The number of esters is 1. The molecular formula is C14H17NO2. The summed E-state index contributed by atoms with van der Waals surface area (Å²) < 4.78 is 4.74. The van der Waals surface area contributed by atoms with Crippen LogP contribution in [0.4, 0.5) is 5.69 Å². The molecule has 0 saturated carbocycles. The van der Waals surface area contributed by atoms with Crippen molar-refractivity contribution in [3.05, 3.63) is 54.3 Å². The summed E-state index contributed by atoms with van der Waals surface area (Å²) in [4.78, 5) is 11.0. The number of carbonyl (C=O) groups is 1. The molecular weight excluding hydrogens is 214 g/mol. The molecule has 0 unspecified atom stereocenters. The van der Waals surface area contributed by atoms with Crippen molar-refractivity contribution in [2.45, 2.75) is 13.8 Å². The molecule has 0 radical (unpaired) electrons. The molecule has 0 bridgehead atoms. The van der Waals surface area contributed by atoms with Gasteiger partial charge in [-0.25, -0.2) is 4.79 Å². The van der Waals surface area contributed by atoms with Gasteiger partial charge in [-0.15, -0.1) is 0 Å². The Morgan fingerprint density at radius 3 is 2.65 bits per heavy atom. The summed E-state index contributed by atoms with van der Waals surface area (Å²) in [5, 5.41) is 3.09. The highest BCUT2D eigenvalue weighted by Crippen LogP contribution is 2.07. The zero-order valence-electron chi connectivity index (χ0n) is 10.1. The summed E-state index contributed by atoms with van der Waals surface area (Å²) in [5.74, 6) is -0.326. The van der Waals surface area contributed by atoms with Crippen molar-refractivity contribution in [1.82, 2.24) is 0 Å². The number of carbonyl (C=O) groups excluding carboxylic acids is 1. The first-order valence-corrected chi connectivity index (χ1v) is 5.55. The van der Waals surface area contributed by atoms with Gasteiger partial charge in [0.15, 0.2) is 0 Å². The van der Waals surface area contributed by atoms with Gasteiger partial charge in [-0.05, 0) is 32.1 Å². The smallest absolute Gasteiger partial charge is 0.330 e. The van der Waals surface area contributed by atoms with E-state index in [-0.39, 0.29) is 5.97 Å². The molecule has 1 N–H and O–H groups in total. The number of nitrogens with one attached hydrogen (secondary N) is 1. The minimum Gasteiger partial charge on any atom is -0.463 e. The number of rotatable bonds is 5. The van der Waals surface area contributed by atoms with Gasteiger partial charge in [-0.2, -0.15) is 0 Å². The molecule has 0 aliphatic carbocycles. The van der Waals surface area contributed by atoms with Gasteiger partial charge < -0.3 is 10.1 Å². The van der Waals surface area contributed by atoms with Crippen LogP contribution in [0.3, 0.4) is 0 Å². The molecule has 0 spiro atoms. The van der Waals surface area contributed by atoms with Crippen LogP contribution in [0.1, 0.15) is 12.5 Å². The van der Waals surface area contributed by atoms with Crippen LogP contribution in [-0.2, 0) is 9.53 Å². The maximum Gasteiger partial charge on any atom is 0.330 e. The van der Waals surface area contributed by atoms with Crippen LogP contribution >= 0.6 is 0 Å². The molecule has 3 heteroatoms. The molecule has 0 heterocycles. The summed E-state index contributed by atoms with van der Waals surface area (Å²) >= 11 is 0. The predicted octanol–water partition coefficient (Wildman–Crippen LogP) is 3.04. The third-order valence-electron chi connectivity index (χ3n) is 2.03. The number of anilines is 1. The fraction of sp³-hybridized carbons (Fsp3) is 0.214. The highest BCUT2D eigenvalue weighted by atomic mass is 16.5. The summed E-state index contributed by atoms with van der Waals surface area (Å²) in [6.07, 6.45) is 6.53. The molecule has 1 aromatic rings. The van der Waals surface area contributed by atoms with E-state index in [0.29, 0.717) is 6.61 Å². The van der Waals surface area contributed by atoms with E-state index in [1.165, 1.54) is 11.6 Å². The van der Waals surface area contributed by atoms with Crippen LogP contribution in [-0.4, -0.2) is 12.6 Å². The number of ether oxygens (including phenoxy) is 1. The second-order valence-electron chi connectivity index (χ2n) is 3.48. The van der Waals surface area contributed by atoms with Crippen LogP contribution in [0.2, 0.25) is 0 Å². The van der Waals surface area contributed by atoms with E-state index >= 15 is 0 Å². The van der Waals surface area contributed by atoms with E-state index in [1.54, 1.807) is 25.3 Å². The van der Waals surface area contributed by atoms with Crippen LogP contribution in [0.5, 0.6) is 0 Å². The van der Waals surface area contributed by atoms with E-state index in [2.05, 4.69) is 5.32 Å². The lowest BCUT2D eigenvalue weighted by Gasteiger charge is -1.99. The Morgan fingerprint density at radius 1 is 1.29 bits per heavy atom. The van der Waals surface area contributed by atoms with Crippen molar-refractivity contribution in [2.75, 3.05) is 11.9 Å². The molecule has 1 rings (SSSR count). The highest BCUT2D eigenvalue weighted by molar-refractivity contribution is 5.82. The fourth-order valence-corrected chi connectivity index (χ4v) is 1.17. The standard InChI is InChI=1S/C14H17NO2/c1-3-17-14(16)6-4-5-11-15-13-9-7-12(2)8-10-13/h4-11,15H,3H2,1-2H3/b6-4-,11-5+. The number of hydrogen-bond donors (Lipinski definition) is 1. The molecule has 0 aliphatic rings. The van der Waals surface area contributed by atoms with E-state index in [1.807, 2.05) is 31.2 Å². The summed E-state index contributed by atoms with van der Waals surface area (Å²) in [6.45, 7) is 4.22. The van der Waals surface area contributed by atoms with Gasteiger partial charge >= 0.3 is 5.97 Å². The summed E-state index contributed by atoms with van der Waals surface area (Å²) in [6, 6.07) is 8.05. The normalized spacial score (nSPS) is 10.9. The minimum absolute atomic E-state index is 0.326. The van der Waals surface area contributed by atoms with Gasteiger partial charge in [0.1, 0.15) is 0 Å². The van der Waals surface area contributed by atoms with Gasteiger partial charge in [-0.3, -0.25) is 0 Å². The van der Waals surface area contributed by atoms with Crippen molar-refractivity contribution in [2.24, 2.45) is 0 Å². The molecule has 90 valence electrons. The average molecular weight is 231 g/mol. The van der Waals surface area contributed by atoms with E-state index in [0.717, 1.165) is 5.69 Å². The van der Waals surface area contributed by atoms with Gasteiger partial charge in [-0.1, -0.05) is 23.8 Å². The molecule has 1 aromatic carbocycles. The Balaban J connectivity index is 2.35. The van der Waals surface area contributed by atoms with Crippen molar-refractivity contribution < 1.29 is 9.53 Å². The maximum atomic E-state index is 11.0. The van der Waals surface area contributed by atoms with Crippen molar-refractivity contribution in [3.8, 4) is 0 Å². The van der Waals surface area contributed by atoms with E-state index < -0.39 is 0 Å². The molecule has 3 nitrogen and oxygen atoms in total. The van der Waals surface area contributed by atoms with Crippen LogP contribution in [0.25, 0.3) is 0 Å². The van der Waals surface area contributed by atoms with Gasteiger partial charge in [0, 0.05) is 18.0 Å². The second-order valence-corrected chi connectivity index (χ2v) is 3.48. The lowest BCUT2D eigenvalue weighted by Crippen LogP contribution is -1.98. The average Bonchev–Trinajstić information content (AvgIpc) is 2.31. The first-order valence-electron chi connectivity index (χ1n) is 5.55. The van der Waals surface area contributed by atoms with Crippen LogP contribution in [0, 0.1) is 6.92 Å². The van der Waals surface area contributed by atoms with Gasteiger partial charge in [0.05, 0.1) is 6.61 Å². The fourth-order valence-electron chi connectivity index (χ4n) is 1.17. The quantitative estimate of drug-likeness (QED) is 0.481.